The van der Waals surface area contributed by atoms with Crippen LogP contribution in [0.25, 0.3) is 22.2 Å². The van der Waals surface area contributed by atoms with Crippen LogP contribution in [0.15, 0.2) is 54.6 Å². The molecule has 0 radical (unpaired) electrons. The van der Waals surface area contributed by atoms with Crippen molar-refractivity contribution >= 4 is 22.5 Å². The van der Waals surface area contributed by atoms with E-state index in [9.17, 15) is 4.79 Å². The highest BCUT2D eigenvalue weighted by molar-refractivity contribution is 5.93. The number of aromatic amines is 1. The molecule has 4 rings (SSSR count). The van der Waals surface area contributed by atoms with Crippen molar-refractivity contribution in [2.24, 2.45) is 11.8 Å². The molecule has 1 saturated heterocycles. The highest BCUT2D eigenvalue weighted by atomic mass is 16.1. The van der Waals surface area contributed by atoms with Crippen LogP contribution < -0.4 is 5.32 Å². The molecule has 2 aromatic carbocycles. The maximum absolute atomic E-state index is 12.7. The second-order valence-electron chi connectivity index (χ2n) is 8.31. The summed E-state index contributed by atoms with van der Waals surface area (Å²) in [5.74, 6) is 0.941. The van der Waals surface area contributed by atoms with E-state index in [1.165, 1.54) is 5.39 Å². The van der Waals surface area contributed by atoms with Crippen molar-refractivity contribution in [1.82, 2.24) is 9.88 Å². The zero-order valence-electron chi connectivity index (χ0n) is 16.7. The first kappa shape index (κ1) is 18.8. The van der Waals surface area contributed by atoms with Gasteiger partial charge < -0.3 is 15.2 Å². The quantitative estimate of drug-likeness (QED) is 0.648. The van der Waals surface area contributed by atoms with Gasteiger partial charge in [0, 0.05) is 40.3 Å². The highest BCUT2D eigenvalue weighted by Gasteiger charge is 2.25. The van der Waals surface area contributed by atoms with Crippen LogP contribution in [0.1, 0.15) is 26.7 Å². The van der Waals surface area contributed by atoms with Gasteiger partial charge in [0.05, 0.1) is 0 Å². The number of amides is 1. The Bertz CT molecular complexity index is 918. The third-order valence-corrected chi connectivity index (χ3v) is 5.55. The molecular formula is C24H29N3O. The highest BCUT2D eigenvalue weighted by Crippen LogP contribution is 2.27. The van der Waals surface area contributed by atoms with Crippen LogP contribution in [0.2, 0.25) is 0 Å². The van der Waals surface area contributed by atoms with Crippen LogP contribution in [-0.2, 0) is 4.79 Å². The molecule has 0 aliphatic carbocycles. The van der Waals surface area contributed by atoms with Crippen molar-refractivity contribution in [3.63, 3.8) is 0 Å². The van der Waals surface area contributed by atoms with E-state index in [4.69, 9.17) is 0 Å². The fourth-order valence-electron chi connectivity index (χ4n) is 4.13. The normalized spacial score (nSPS) is 16.0. The van der Waals surface area contributed by atoms with Crippen molar-refractivity contribution in [3.05, 3.63) is 54.6 Å². The Kier molecular flexibility index (Phi) is 5.49. The van der Waals surface area contributed by atoms with Crippen LogP contribution in [-0.4, -0.2) is 35.4 Å². The molecule has 1 aliphatic heterocycles. The van der Waals surface area contributed by atoms with E-state index < -0.39 is 0 Å². The van der Waals surface area contributed by atoms with Gasteiger partial charge in [0.25, 0.3) is 0 Å². The first-order valence-corrected chi connectivity index (χ1v) is 10.3. The first-order chi connectivity index (χ1) is 13.6. The third kappa shape index (κ3) is 4.28. The fourth-order valence-corrected chi connectivity index (χ4v) is 4.13. The number of H-pyrrole nitrogens is 1. The van der Waals surface area contributed by atoms with Crippen molar-refractivity contribution < 1.29 is 4.79 Å². The van der Waals surface area contributed by atoms with Crippen molar-refractivity contribution in [2.45, 2.75) is 26.7 Å². The number of benzene rings is 2. The molecule has 3 aromatic rings. The summed E-state index contributed by atoms with van der Waals surface area (Å²) in [6.07, 6.45) is 1.89. The van der Waals surface area contributed by atoms with Gasteiger partial charge in [-0.15, -0.1) is 0 Å². The molecule has 0 spiro atoms. The Morgan fingerprint density at radius 2 is 1.89 bits per heavy atom. The number of hydrogen-bond acceptors (Lipinski definition) is 2. The van der Waals surface area contributed by atoms with Gasteiger partial charge in [0.1, 0.15) is 0 Å². The number of piperidine rings is 1. The van der Waals surface area contributed by atoms with E-state index >= 15 is 0 Å². The summed E-state index contributed by atoms with van der Waals surface area (Å²) in [5, 5.41) is 4.33. The maximum Gasteiger partial charge on any atom is 0.227 e. The molecule has 1 aromatic heterocycles. The lowest BCUT2D eigenvalue weighted by Gasteiger charge is -2.32. The van der Waals surface area contributed by atoms with Crippen LogP contribution in [0, 0.1) is 11.8 Å². The molecule has 0 unspecified atom stereocenters. The lowest BCUT2D eigenvalue weighted by atomic mass is 9.95. The fraction of sp³-hybridized carbons (Fsp3) is 0.375. The number of nitrogens with one attached hydrogen (secondary N) is 2. The van der Waals surface area contributed by atoms with Gasteiger partial charge in [-0.3, -0.25) is 4.79 Å². The Hall–Kier alpha value is -2.59. The van der Waals surface area contributed by atoms with Crippen molar-refractivity contribution in [1.29, 1.82) is 0 Å². The molecule has 4 heteroatoms. The lowest BCUT2D eigenvalue weighted by molar-refractivity contribution is -0.121. The number of para-hydroxylation sites is 1. The minimum atomic E-state index is 0.111. The van der Waals surface area contributed by atoms with Gasteiger partial charge in [-0.25, -0.2) is 0 Å². The number of hydrogen-bond donors (Lipinski definition) is 2. The van der Waals surface area contributed by atoms with Gasteiger partial charge in [0.15, 0.2) is 0 Å². The Morgan fingerprint density at radius 3 is 2.64 bits per heavy atom. The molecule has 1 aliphatic rings. The summed E-state index contributed by atoms with van der Waals surface area (Å²) in [6.45, 7) is 7.66. The predicted octanol–water partition coefficient (Wildman–Crippen LogP) is 5.14. The average Bonchev–Trinajstić information content (AvgIpc) is 3.12. The van der Waals surface area contributed by atoms with Crippen LogP contribution >= 0.6 is 0 Å². The second-order valence-corrected chi connectivity index (χ2v) is 8.31. The van der Waals surface area contributed by atoms with Gasteiger partial charge in [0.2, 0.25) is 5.91 Å². The molecule has 0 bridgehead atoms. The summed E-state index contributed by atoms with van der Waals surface area (Å²) < 4.78 is 0. The Morgan fingerprint density at radius 1 is 1.11 bits per heavy atom. The smallest absolute Gasteiger partial charge is 0.227 e. The van der Waals surface area contributed by atoms with Gasteiger partial charge in [-0.2, -0.15) is 0 Å². The number of aromatic nitrogens is 1. The Balaban J connectivity index is 1.41. The third-order valence-electron chi connectivity index (χ3n) is 5.55. The topological polar surface area (TPSA) is 48.1 Å². The summed E-state index contributed by atoms with van der Waals surface area (Å²) in [5.41, 5.74) is 4.14. The summed E-state index contributed by atoms with van der Waals surface area (Å²) in [4.78, 5) is 18.7. The molecule has 146 valence electrons. The average molecular weight is 376 g/mol. The van der Waals surface area contributed by atoms with E-state index in [2.05, 4.69) is 59.4 Å². The lowest BCUT2D eigenvalue weighted by Crippen LogP contribution is -2.39. The first-order valence-electron chi connectivity index (χ1n) is 10.3. The summed E-state index contributed by atoms with van der Waals surface area (Å²) >= 11 is 0. The number of carbonyl (C=O) groups is 1. The maximum atomic E-state index is 12.7. The molecule has 2 N–H and O–H groups in total. The van der Waals surface area contributed by atoms with Gasteiger partial charge in [-0.1, -0.05) is 44.2 Å². The van der Waals surface area contributed by atoms with E-state index in [-0.39, 0.29) is 11.8 Å². The minimum absolute atomic E-state index is 0.111. The van der Waals surface area contributed by atoms with Gasteiger partial charge in [-0.05, 0) is 56.1 Å². The number of anilines is 1. The molecule has 0 saturated carbocycles. The molecule has 28 heavy (non-hydrogen) atoms. The summed E-state index contributed by atoms with van der Waals surface area (Å²) in [7, 11) is 0. The number of rotatable bonds is 5. The number of fused-ring (bicyclic) bond motifs is 1. The monoisotopic (exact) mass is 375 g/mol. The summed E-state index contributed by atoms with van der Waals surface area (Å²) in [6, 6.07) is 18.5. The molecular weight excluding hydrogens is 346 g/mol. The largest absolute Gasteiger partial charge is 0.355 e. The van der Waals surface area contributed by atoms with Gasteiger partial charge >= 0.3 is 0 Å². The van der Waals surface area contributed by atoms with E-state index in [1.807, 2.05) is 24.3 Å². The molecule has 1 amide bonds. The zero-order valence-corrected chi connectivity index (χ0v) is 16.7. The standard InChI is InChI=1S/C24H29N3O/c1-17(2)16-27-12-10-18(11-13-27)24(28)25-21-8-5-7-19(14-21)23-15-20-6-3-4-9-22(20)26-23/h3-9,14-15,17-18,26H,10-13,16H2,1-2H3,(H,25,28). The SMILES string of the molecule is CC(C)CN1CCC(C(=O)Nc2cccc(-c3cc4ccccc4[nH]3)c2)CC1. The minimum Gasteiger partial charge on any atom is -0.355 e. The Labute approximate surface area is 166 Å². The van der Waals surface area contributed by atoms with E-state index in [0.29, 0.717) is 5.92 Å². The number of carbonyl (C=O) groups excluding carboxylic acids is 1. The predicted molar refractivity (Wildman–Crippen MR) is 116 cm³/mol. The van der Waals surface area contributed by atoms with Crippen LogP contribution in [0.3, 0.4) is 0 Å². The number of likely N-dealkylation sites (tertiary alicyclic amines) is 1. The van der Waals surface area contributed by atoms with E-state index in [0.717, 1.165) is 54.9 Å². The van der Waals surface area contributed by atoms with Crippen LogP contribution in [0.5, 0.6) is 0 Å². The van der Waals surface area contributed by atoms with Crippen LogP contribution in [0.4, 0.5) is 5.69 Å². The molecule has 0 atom stereocenters. The second kappa shape index (κ2) is 8.19. The van der Waals surface area contributed by atoms with E-state index in [1.54, 1.807) is 0 Å². The molecule has 1 fully saturated rings. The van der Waals surface area contributed by atoms with Crippen molar-refractivity contribution in [2.75, 3.05) is 25.0 Å². The number of nitrogens with zero attached hydrogens (tertiary/aromatic N) is 1. The molecule has 2 heterocycles. The zero-order chi connectivity index (χ0) is 19.5. The molecule has 4 nitrogen and oxygen atoms in total. The van der Waals surface area contributed by atoms with Crippen molar-refractivity contribution in [3.8, 4) is 11.3 Å².